The number of carbonyl (C=O) groups is 1. The number of hydrogen-bond donors (Lipinski definition) is 0. The van der Waals surface area contributed by atoms with Gasteiger partial charge < -0.3 is 0 Å². The number of hydrogen-bond acceptors (Lipinski definition) is 2. The van der Waals surface area contributed by atoms with Gasteiger partial charge in [0.05, 0.1) is 6.54 Å². The predicted molar refractivity (Wildman–Crippen MR) is 65.0 cm³/mol. The highest BCUT2D eigenvalue weighted by Crippen LogP contribution is 2.31. The van der Waals surface area contributed by atoms with Gasteiger partial charge in [0.15, 0.2) is 0 Å². The zero-order valence-electron chi connectivity index (χ0n) is 9.95. The molecule has 0 amide bonds. The Bertz CT molecular complexity index is 292. The van der Waals surface area contributed by atoms with Crippen molar-refractivity contribution in [2.45, 2.75) is 51.0 Å². The summed E-state index contributed by atoms with van der Waals surface area (Å²) in [6.45, 7) is 1.80. The van der Waals surface area contributed by atoms with Crippen molar-refractivity contribution >= 4 is 5.78 Å². The van der Waals surface area contributed by atoms with Crippen molar-refractivity contribution in [1.82, 2.24) is 4.90 Å². The van der Waals surface area contributed by atoms with Crippen LogP contribution in [-0.2, 0) is 4.79 Å². The molecule has 2 rings (SSSR count). The third-order valence-corrected chi connectivity index (χ3v) is 4.02. The zero-order valence-corrected chi connectivity index (χ0v) is 9.95. The molecular formula is C14H21NO. The molecule has 2 nitrogen and oxygen atoms in total. The van der Waals surface area contributed by atoms with Crippen LogP contribution in [-0.4, -0.2) is 29.8 Å². The molecule has 2 atom stereocenters. The Morgan fingerprint density at radius 3 is 2.81 bits per heavy atom. The van der Waals surface area contributed by atoms with E-state index < -0.39 is 0 Å². The minimum absolute atomic E-state index is 0.280. The molecule has 2 heteroatoms. The van der Waals surface area contributed by atoms with E-state index in [-0.39, 0.29) is 5.92 Å². The van der Waals surface area contributed by atoms with Gasteiger partial charge in [0.25, 0.3) is 0 Å². The first-order valence-corrected chi connectivity index (χ1v) is 6.53. The van der Waals surface area contributed by atoms with E-state index in [2.05, 4.69) is 10.8 Å². The lowest BCUT2D eigenvalue weighted by molar-refractivity contribution is -0.127. The van der Waals surface area contributed by atoms with Gasteiger partial charge in [0.2, 0.25) is 0 Å². The molecule has 2 fully saturated rings. The van der Waals surface area contributed by atoms with Crippen molar-refractivity contribution in [2.75, 3.05) is 13.1 Å². The van der Waals surface area contributed by atoms with E-state index in [9.17, 15) is 4.79 Å². The number of carbonyl (C=O) groups excluding carboxylic acids is 1. The number of ketones is 1. The SMILES string of the molecule is C#CCN1CCCCC1C1CCCCC1=O. The first-order valence-electron chi connectivity index (χ1n) is 6.53. The maximum atomic E-state index is 12.0. The molecule has 1 aliphatic heterocycles. The second-order valence-electron chi connectivity index (χ2n) is 5.06. The van der Waals surface area contributed by atoms with Crippen LogP contribution in [0.5, 0.6) is 0 Å². The van der Waals surface area contributed by atoms with Crippen molar-refractivity contribution < 1.29 is 4.79 Å². The largest absolute Gasteiger partial charge is 0.299 e. The van der Waals surface area contributed by atoms with E-state index in [1.807, 2.05) is 0 Å². The molecule has 0 bridgehead atoms. The highest BCUT2D eigenvalue weighted by molar-refractivity contribution is 5.82. The van der Waals surface area contributed by atoms with E-state index in [1.165, 1.54) is 19.3 Å². The number of nitrogens with zero attached hydrogens (tertiary/aromatic N) is 1. The van der Waals surface area contributed by atoms with Crippen molar-refractivity contribution in [3.8, 4) is 12.3 Å². The van der Waals surface area contributed by atoms with Crippen LogP contribution >= 0.6 is 0 Å². The Kier molecular flexibility index (Phi) is 4.01. The summed E-state index contributed by atoms with van der Waals surface area (Å²) in [5.41, 5.74) is 0. The number of piperidine rings is 1. The average Bonchev–Trinajstić information content (AvgIpc) is 2.31. The minimum Gasteiger partial charge on any atom is -0.299 e. The van der Waals surface area contributed by atoms with Gasteiger partial charge >= 0.3 is 0 Å². The molecular weight excluding hydrogens is 198 g/mol. The molecule has 1 aliphatic carbocycles. The van der Waals surface area contributed by atoms with Gasteiger partial charge in [0, 0.05) is 18.4 Å². The van der Waals surface area contributed by atoms with Crippen LogP contribution in [0.4, 0.5) is 0 Å². The van der Waals surface area contributed by atoms with Gasteiger partial charge in [-0.05, 0) is 32.2 Å². The van der Waals surface area contributed by atoms with E-state index in [4.69, 9.17) is 6.42 Å². The standard InChI is InChI=1S/C14H21NO/c1-2-10-15-11-6-5-8-13(15)12-7-3-4-9-14(12)16/h1,12-13H,3-11H2. The molecule has 16 heavy (non-hydrogen) atoms. The smallest absolute Gasteiger partial charge is 0.137 e. The zero-order chi connectivity index (χ0) is 11.4. The number of terminal acetylenes is 1. The third-order valence-electron chi connectivity index (χ3n) is 4.02. The second kappa shape index (κ2) is 5.50. The summed E-state index contributed by atoms with van der Waals surface area (Å²) in [5.74, 6) is 3.50. The van der Waals surface area contributed by atoms with Crippen LogP contribution in [0.1, 0.15) is 44.9 Å². The molecule has 0 spiro atoms. The Morgan fingerprint density at radius 1 is 1.25 bits per heavy atom. The summed E-state index contributed by atoms with van der Waals surface area (Å²) in [7, 11) is 0. The third kappa shape index (κ3) is 2.47. The van der Waals surface area contributed by atoms with Crippen LogP contribution in [0.25, 0.3) is 0 Å². The Hall–Kier alpha value is -0.810. The van der Waals surface area contributed by atoms with Gasteiger partial charge in [-0.15, -0.1) is 6.42 Å². The summed E-state index contributed by atoms with van der Waals surface area (Å²) in [6.07, 6.45) is 13.3. The van der Waals surface area contributed by atoms with Crippen molar-refractivity contribution in [2.24, 2.45) is 5.92 Å². The minimum atomic E-state index is 0.280. The van der Waals surface area contributed by atoms with Gasteiger partial charge in [-0.1, -0.05) is 18.8 Å². The predicted octanol–water partition coefficient (Wildman–Crippen LogP) is 2.23. The fourth-order valence-electron chi connectivity index (χ4n) is 3.20. The highest BCUT2D eigenvalue weighted by Gasteiger charge is 2.34. The first-order chi connectivity index (χ1) is 7.83. The highest BCUT2D eigenvalue weighted by atomic mass is 16.1. The number of likely N-dealkylation sites (tertiary alicyclic amines) is 1. The lowest BCUT2D eigenvalue weighted by Crippen LogP contribution is -2.47. The molecule has 0 aromatic heterocycles. The Balaban J connectivity index is 2.04. The van der Waals surface area contributed by atoms with Gasteiger partial charge in [-0.2, -0.15) is 0 Å². The molecule has 88 valence electrons. The summed E-state index contributed by atoms with van der Waals surface area (Å²) < 4.78 is 0. The summed E-state index contributed by atoms with van der Waals surface area (Å²) >= 11 is 0. The number of rotatable bonds is 2. The molecule has 1 saturated carbocycles. The van der Waals surface area contributed by atoms with Crippen molar-refractivity contribution in [3.63, 3.8) is 0 Å². The van der Waals surface area contributed by atoms with Gasteiger partial charge in [-0.3, -0.25) is 9.69 Å². The fourth-order valence-corrected chi connectivity index (χ4v) is 3.20. The van der Waals surface area contributed by atoms with Crippen LogP contribution in [0.3, 0.4) is 0 Å². The average molecular weight is 219 g/mol. The molecule has 2 unspecified atom stereocenters. The van der Waals surface area contributed by atoms with Crippen LogP contribution in [0.2, 0.25) is 0 Å². The molecule has 0 aromatic carbocycles. The van der Waals surface area contributed by atoms with Crippen molar-refractivity contribution in [3.05, 3.63) is 0 Å². The lowest BCUT2D eigenvalue weighted by atomic mass is 9.79. The molecule has 2 aliphatic rings. The maximum Gasteiger partial charge on any atom is 0.137 e. The topological polar surface area (TPSA) is 20.3 Å². The summed E-state index contributed by atoms with van der Waals surface area (Å²) in [6, 6.07) is 0.442. The lowest BCUT2D eigenvalue weighted by Gasteiger charge is -2.40. The molecule has 0 radical (unpaired) electrons. The van der Waals surface area contributed by atoms with Crippen LogP contribution in [0, 0.1) is 18.3 Å². The maximum absolute atomic E-state index is 12.0. The summed E-state index contributed by atoms with van der Waals surface area (Å²) in [4.78, 5) is 14.3. The van der Waals surface area contributed by atoms with Crippen LogP contribution in [0.15, 0.2) is 0 Å². The van der Waals surface area contributed by atoms with E-state index in [0.717, 1.165) is 32.2 Å². The van der Waals surface area contributed by atoms with Gasteiger partial charge in [0.1, 0.15) is 5.78 Å². The monoisotopic (exact) mass is 219 g/mol. The molecule has 0 N–H and O–H groups in total. The van der Waals surface area contributed by atoms with E-state index in [0.29, 0.717) is 18.4 Å². The number of Topliss-reactive ketones (excluding diaryl/α,β-unsaturated/α-hetero) is 1. The Morgan fingerprint density at radius 2 is 2.06 bits per heavy atom. The Labute approximate surface area is 98.4 Å². The molecule has 1 heterocycles. The fraction of sp³-hybridized carbons (Fsp3) is 0.786. The van der Waals surface area contributed by atoms with E-state index in [1.54, 1.807) is 0 Å². The summed E-state index contributed by atoms with van der Waals surface area (Å²) in [5, 5.41) is 0. The first kappa shape index (κ1) is 11.7. The molecule has 1 saturated heterocycles. The van der Waals surface area contributed by atoms with Crippen LogP contribution < -0.4 is 0 Å². The normalized spacial score (nSPS) is 32.3. The van der Waals surface area contributed by atoms with E-state index >= 15 is 0 Å². The quantitative estimate of drug-likeness (QED) is 0.664. The van der Waals surface area contributed by atoms with Gasteiger partial charge in [-0.25, -0.2) is 0 Å². The molecule has 0 aromatic rings. The second-order valence-corrected chi connectivity index (χ2v) is 5.06. The van der Waals surface area contributed by atoms with Crippen molar-refractivity contribution in [1.29, 1.82) is 0 Å².